The molecule has 1 heterocycles. The zero-order valence-corrected chi connectivity index (χ0v) is 41.4. The predicted octanol–water partition coefficient (Wildman–Crippen LogP) is 18.6. The van der Waals surface area contributed by atoms with Crippen molar-refractivity contribution >= 4 is 0 Å². The van der Waals surface area contributed by atoms with Crippen LogP contribution in [0.25, 0.3) is 78.0 Å². The third-order valence-corrected chi connectivity index (χ3v) is 14.0. The van der Waals surface area contributed by atoms with Gasteiger partial charge in [0.1, 0.15) is 0 Å². The van der Waals surface area contributed by atoms with Crippen LogP contribution in [0.15, 0.2) is 182 Å². The quantitative estimate of drug-likeness (QED) is 0.0548. The zero-order valence-electron chi connectivity index (χ0n) is 39.0. The van der Waals surface area contributed by atoms with Gasteiger partial charge in [0.05, 0.1) is 0 Å². The molecule has 9 rings (SSSR count). The summed E-state index contributed by atoms with van der Waals surface area (Å²) in [4.78, 5) is 5.14. The molecule has 1 aromatic heterocycles. The molecular weight excluding hydrogens is 975 g/mol. The largest absolute Gasteiger partial charge is 0.304 e. The van der Waals surface area contributed by atoms with Crippen molar-refractivity contribution in [2.75, 3.05) is 0 Å². The van der Waals surface area contributed by atoms with E-state index in [1.54, 1.807) is 0 Å². The molecule has 0 aliphatic heterocycles. The minimum atomic E-state index is 0. The monoisotopic (exact) mass is 1040 g/mol. The Bertz CT molecular complexity index is 2790. The van der Waals surface area contributed by atoms with Gasteiger partial charge in [-0.25, -0.2) is 0 Å². The topological polar surface area (TPSA) is 12.9 Å². The fourth-order valence-electron chi connectivity index (χ4n) is 10.5. The summed E-state index contributed by atoms with van der Waals surface area (Å²) in [6, 6.07) is 68.4. The molecule has 1 nitrogen and oxygen atoms in total. The number of hydrogen-bond donors (Lipinski definition) is 0. The average molecular weight is 1040 g/mol. The van der Waals surface area contributed by atoms with Crippen molar-refractivity contribution in [3.8, 4) is 78.0 Å². The molecule has 7 aromatic carbocycles. The Hall–Kier alpha value is -5.66. The summed E-state index contributed by atoms with van der Waals surface area (Å²) >= 11 is 0. The molecule has 0 unspecified atom stereocenters. The Balaban J connectivity index is 0.00000592. The van der Waals surface area contributed by atoms with E-state index in [0.717, 1.165) is 22.4 Å². The van der Waals surface area contributed by atoms with Crippen LogP contribution in [-0.4, -0.2) is 4.98 Å². The van der Waals surface area contributed by atoms with Crippen LogP contribution in [-0.2, 0) is 25.5 Å². The van der Waals surface area contributed by atoms with Gasteiger partial charge in [-0.3, -0.25) is 0 Å². The number of nitrogens with zero attached hydrogens (tertiary/aromatic N) is 1. The molecule has 1 aliphatic rings. The number of pyridine rings is 1. The Labute approximate surface area is 409 Å². The molecule has 0 saturated carbocycles. The second-order valence-electron chi connectivity index (χ2n) is 18.5. The molecule has 0 saturated heterocycles. The fourth-order valence-corrected chi connectivity index (χ4v) is 10.5. The smallest absolute Gasteiger partial charge is 0.0239 e. The molecule has 0 fully saturated rings. The van der Waals surface area contributed by atoms with Crippen molar-refractivity contribution < 1.29 is 20.1 Å². The van der Waals surface area contributed by atoms with Gasteiger partial charge in [-0.05, 0) is 104 Å². The van der Waals surface area contributed by atoms with Crippen molar-refractivity contribution in [3.63, 3.8) is 0 Å². The molecule has 0 atom stereocenters. The molecular formula is C64H64IrN-. The Morgan fingerprint density at radius 1 is 0.379 bits per heavy atom. The molecule has 1 radical (unpaired) electrons. The first-order chi connectivity index (χ1) is 32.1. The number of fused-ring (bicyclic) bond motifs is 3. The number of rotatable bonds is 20. The predicted molar refractivity (Wildman–Crippen MR) is 278 cm³/mol. The third-order valence-electron chi connectivity index (χ3n) is 14.0. The van der Waals surface area contributed by atoms with Crippen molar-refractivity contribution in [3.05, 3.63) is 199 Å². The standard InChI is InChI=1S/C64H64N.Ir/c1-3-5-7-9-11-18-40-64(41-19-12-10-8-6-4-2)61-35-17-16-34-59(61)60-38-36-57(46-62(60)64)63-39-37-58(47-65-63)56-33-23-32-55(45-56)54-31-22-30-53(44-54)52-29-21-28-51(43-52)50-27-20-26-49(42-50)48-24-14-13-15-25-48;/h13-17,20-35,37-39,42-47H,3-12,18-19,40-41H2,1-2H3;/q-1;. The van der Waals surface area contributed by atoms with Crippen molar-refractivity contribution in [1.29, 1.82) is 0 Å². The van der Waals surface area contributed by atoms with E-state index < -0.39 is 0 Å². The van der Waals surface area contributed by atoms with Gasteiger partial charge in [0, 0.05) is 31.7 Å². The van der Waals surface area contributed by atoms with E-state index >= 15 is 0 Å². The molecule has 0 spiro atoms. The molecule has 335 valence electrons. The summed E-state index contributed by atoms with van der Waals surface area (Å²) in [6.45, 7) is 4.62. The van der Waals surface area contributed by atoms with E-state index in [1.165, 1.54) is 157 Å². The Kier molecular flexibility index (Phi) is 16.1. The molecule has 1 aliphatic carbocycles. The second kappa shape index (κ2) is 22.7. The van der Waals surface area contributed by atoms with Gasteiger partial charge in [0.2, 0.25) is 0 Å². The first-order valence-corrected chi connectivity index (χ1v) is 24.7. The maximum Gasteiger partial charge on any atom is 0.0239 e. The first-order valence-electron chi connectivity index (χ1n) is 24.7. The van der Waals surface area contributed by atoms with Crippen LogP contribution in [0.3, 0.4) is 0 Å². The molecule has 2 heteroatoms. The van der Waals surface area contributed by atoms with Gasteiger partial charge in [-0.15, -0.1) is 29.3 Å². The van der Waals surface area contributed by atoms with Crippen LogP contribution < -0.4 is 0 Å². The molecule has 0 bridgehead atoms. The Morgan fingerprint density at radius 3 is 1.32 bits per heavy atom. The number of hydrogen-bond acceptors (Lipinski definition) is 1. The SMILES string of the molecule is CCCCCCCCC1(CCCCCCCC)c2ccccc2-c2c[c-]c(-c3ccc(-c4cccc(-c5cccc(-c6cccc(-c7cccc(-c8ccccc8)c7)c6)c5)c4)cn3)cc21.[Ir]. The van der Waals surface area contributed by atoms with Gasteiger partial charge in [0.15, 0.2) is 0 Å². The first kappa shape index (κ1) is 46.9. The van der Waals surface area contributed by atoms with Gasteiger partial charge in [-0.2, -0.15) is 0 Å². The third kappa shape index (κ3) is 10.6. The van der Waals surface area contributed by atoms with E-state index in [1.807, 2.05) is 0 Å². The van der Waals surface area contributed by atoms with Crippen molar-refractivity contribution in [2.24, 2.45) is 0 Å². The average Bonchev–Trinajstić information content (AvgIpc) is 3.65. The van der Waals surface area contributed by atoms with Crippen LogP contribution in [0, 0.1) is 6.07 Å². The summed E-state index contributed by atoms with van der Waals surface area (Å²) in [7, 11) is 0. The zero-order chi connectivity index (χ0) is 44.3. The fraction of sp³-hybridized carbons (Fsp3) is 0.266. The minimum Gasteiger partial charge on any atom is -0.304 e. The number of benzene rings is 7. The summed E-state index contributed by atoms with van der Waals surface area (Å²) in [5, 5.41) is 0. The molecule has 8 aromatic rings. The number of aromatic nitrogens is 1. The van der Waals surface area contributed by atoms with Gasteiger partial charge >= 0.3 is 0 Å². The van der Waals surface area contributed by atoms with Crippen LogP contribution in [0.5, 0.6) is 0 Å². The Morgan fingerprint density at radius 2 is 0.818 bits per heavy atom. The summed E-state index contributed by atoms with van der Waals surface area (Å²) in [6.07, 6.45) is 20.3. The molecule has 0 amide bonds. The van der Waals surface area contributed by atoms with E-state index in [2.05, 4.69) is 202 Å². The normalized spacial score (nSPS) is 12.3. The van der Waals surface area contributed by atoms with Crippen molar-refractivity contribution in [1.82, 2.24) is 4.98 Å². The van der Waals surface area contributed by atoms with Crippen LogP contribution in [0.2, 0.25) is 0 Å². The van der Waals surface area contributed by atoms with Gasteiger partial charge < -0.3 is 4.98 Å². The van der Waals surface area contributed by atoms with E-state index in [9.17, 15) is 0 Å². The van der Waals surface area contributed by atoms with Crippen LogP contribution >= 0.6 is 0 Å². The van der Waals surface area contributed by atoms with Crippen molar-refractivity contribution in [2.45, 2.75) is 109 Å². The maximum absolute atomic E-state index is 5.14. The van der Waals surface area contributed by atoms with Gasteiger partial charge in [-0.1, -0.05) is 242 Å². The number of unbranched alkanes of at least 4 members (excludes halogenated alkanes) is 10. The van der Waals surface area contributed by atoms with Crippen LogP contribution in [0.1, 0.15) is 115 Å². The van der Waals surface area contributed by atoms with E-state index in [0.29, 0.717) is 0 Å². The van der Waals surface area contributed by atoms with E-state index in [4.69, 9.17) is 4.98 Å². The van der Waals surface area contributed by atoms with Gasteiger partial charge in [0.25, 0.3) is 0 Å². The maximum atomic E-state index is 5.14. The van der Waals surface area contributed by atoms with Crippen LogP contribution in [0.4, 0.5) is 0 Å². The summed E-state index contributed by atoms with van der Waals surface area (Å²) < 4.78 is 0. The summed E-state index contributed by atoms with van der Waals surface area (Å²) in [5.74, 6) is 0. The minimum absolute atomic E-state index is 0. The second-order valence-corrected chi connectivity index (χ2v) is 18.5. The van der Waals surface area contributed by atoms with E-state index in [-0.39, 0.29) is 25.5 Å². The molecule has 0 N–H and O–H groups in total. The molecule has 66 heavy (non-hydrogen) atoms. The summed E-state index contributed by atoms with van der Waals surface area (Å²) in [5.41, 5.74) is 19.9.